The topological polar surface area (TPSA) is 55.1 Å². The van der Waals surface area contributed by atoms with E-state index in [-0.39, 0.29) is 17.4 Å². The van der Waals surface area contributed by atoms with Gasteiger partial charge in [-0.3, -0.25) is 4.79 Å². The molecule has 0 radical (unpaired) electrons. The second kappa shape index (κ2) is 3.23. The third-order valence-electron chi connectivity index (χ3n) is 3.68. The summed E-state index contributed by atoms with van der Waals surface area (Å²) in [6, 6.07) is 0.597. The molecule has 0 bridgehead atoms. The smallest absolute Gasteiger partial charge is 0.220 e. The lowest BCUT2D eigenvalue weighted by atomic mass is 9.65. The molecular formula is C11H20N2O. The highest BCUT2D eigenvalue weighted by atomic mass is 16.1. The Balaban J connectivity index is 2.11. The minimum Gasteiger partial charge on any atom is -0.353 e. The Morgan fingerprint density at radius 1 is 1.43 bits per heavy atom. The fraction of sp³-hybridized carbons (Fsp3) is 0.909. The van der Waals surface area contributed by atoms with Crippen LogP contribution in [0.3, 0.4) is 0 Å². The van der Waals surface area contributed by atoms with Crippen molar-refractivity contribution in [1.82, 2.24) is 5.32 Å². The van der Waals surface area contributed by atoms with Gasteiger partial charge in [-0.15, -0.1) is 0 Å². The molecule has 1 aliphatic carbocycles. The zero-order valence-electron chi connectivity index (χ0n) is 9.05. The second-order valence-corrected chi connectivity index (χ2v) is 5.61. The van der Waals surface area contributed by atoms with E-state index in [1.807, 2.05) is 0 Å². The van der Waals surface area contributed by atoms with Crippen LogP contribution in [0.2, 0.25) is 0 Å². The molecule has 1 amide bonds. The Kier molecular flexibility index (Phi) is 2.30. The summed E-state index contributed by atoms with van der Waals surface area (Å²) in [5.74, 6) is 0.719. The normalized spacial score (nSPS) is 41.4. The molecule has 0 spiro atoms. The number of fused-ring (bicyclic) bond motifs is 1. The van der Waals surface area contributed by atoms with E-state index >= 15 is 0 Å². The predicted octanol–water partition coefficient (Wildman–Crippen LogP) is 1.03. The van der Waals surface area contributed by atoms with Crippen molar-refractivity contribution in [2.45, 2.75) is 51.6 Å². The highest BCUT2D eigenvalue weighted by Gasteiger charge is 2.42. The molecular weight excluding hydrogens is 176 g/mol. The molecule has 3 nitrogen and oxygen atoms in total. The van der Waals surface area contributed by atoms with Crippen molar-refractivity contribution in [3.05, 3.63) is 0 Å². The van der Waals surface area contributed by atoms with Crippen molar-refractivity contribution in [3.8, 4) is 0 Å². The maximum atomic E-state index is 11.3. The number of hydrogen-bond donors (Lipinski definition) is 2. The van der Waals surface area contributed by atoms with Crippen LogP contribution < -0.4 is 11.1 Å². The quantitative estimate of drug-likeness (QED) is 0.608. The van der Waals surface area contributed by atoms with Crippen molar-refractivity contribution in [3.63, 3.8) is 0 Å². The molecule has 2 rings (SSSR count). The number of rotatable bonds is 0. The third-order valence-corrected chi connectivity index (χ3v) is 3.68. The van der Waals surface area contributed by atoms with Crippen LogP contribution in [0.15, 0.2) is 0 Å². The average Bonchev–Trinajstić information content (AvgIpc) is 2.00. The summed E-state index contributed by atoms with van der Waals surface area (Å²) in [4.78, 5) is 11.3. The van der Waals surface area contributed by atoms with Gasteiger partial charge in [-0.25, -0.2) is 0 Å². The van der Waals surface area contributed by atoms with Crippen LogP contribution in [0.5, 0.6) is 0 Å². The van der Waals surface area contributed by atoms with Crippen molar-refractivity contribution < 1.29 is 4.79 Å². The zero-order chi connectivity index (χ0) is 10.3. The van der Waals surface area contributed by atoms with Gasteiger partial charge in [0.2, 0.25) is 5.91 Å². The predicted molar refractivity (Wildman–Crippen MR) is 55.6 cm³/mol. The number of piperidine rings is 1. The summed E-state index contributed by atoms with van der Waals surface area (Å²) < 4.78 is 0. The Morgan fingerprint density at radius 2 is 2.14 bits per heavy atom. The van der Waals surface area contributed by atoms with Gasteiger partial charge in [0, 0.05) is 18.5 Å². The number of carbonyl (C=O) groups is 1. The number of amides is 1. The lowest BCUT2D eigenvalue weighted by Crippen LogP contribution is -2.57. The zero-order valence-corrected chi connectivity index (χ0v) is 9.05. The van der Waals surface area contributed by atoms with Gasteiger partial charge in [0.25, 0.3) is 0 Å². The summed E-state index contributed by atoms with van der Waals surface area (Å²) >= 11 is 0. The Bertz CT molecular complexity index is 250. The van der Waals surface area contributed by atoms with Crippen LogP contribution in [0.4, 0.5) is 0 Å². The average molecular weight is 196 g/mol. The van der Waals surface area contributed by atoms with Crippen LogP contribution in [0.25, 0.3) is 0 Å². The van der Waals surface area contributed by atoms with Crippen molar-refractivity contribution in [2.75, 3.05) is 0 Å². The maximum Gasteiger partial charge on any atom is 0.220 e. The van der Waals surface area contributed by atoms with Crippen LogP contribution in [-0.4, -0.2) is 18.0 Å². The minimum atomic E-state index is 0.205. The molecule has 80 valence electrons. The molecule has 0 aromatic rings. The summed E-state index contributed by atoms with van der Waals surface area (Å²) in [5, 5.41) is 3.09. The van der Waals surface area contributed by atoms with E-state index in [1.54, 1.807) is 0 Å². The Hall–Kier alpha value is -0.570. The fourth-order valence-corrected chi connectivity index (χ4v) is 3.07. The molecule has 3 N–H and O–H groups in total. The van der Waals surface area contributed by atoms with Crippen LogP contribution >= 0.6 is 0 Å². The molecule has 1 aliphatic heterocycles. The Morgan fingerprint density at radius 3 is 2.86 bits per heavy atom. The van der Waals surface area contributed by atoms with Crippen molar-refractivity contribution >= 4 is 5.91 Å². The van der Waals surface area contributed by atoms with E-state index in [0.717, 1.165) is 19.3 Å². The molecule has 1 saturated heterocycles. The highest BCUT2D eigenvalue weighted by molar-refractivity contribution is 5.77. The first-order chi connectivity index (χ1) is 6.48. The van der Waals surface area contributed by atoms with E-state index in [9.17, 15) is 4.79 Å². The minimum absolute atomic E-state index is 0.205. The standard InChI is InChI=1S/C11H20N2O/c1-11(2)5-8(12)7-3-4-10(14)13-9(7)6-11/h7-9H,3-6,12H2,1-2H3,(H,13,14)/t7-,8+,9+/m1/s1. The van der Waals surface area contributed by atoms with Gasteiger partial charge in [0.15, 0.2) is 0 Å². The van der Waals surface area contributed by atoms with Gasteiger partial charge >= 0.3 is 0 Å². The summed E-state index contributed by atoms with van der Waals surface area (Å²) in [6.07, 6.45) is 3.81. The molecule has 1 saturated carbocycles. The molecule has 0 aromatic heterocycles. The van der Waals surface area contributed by atoms with Gasteiger partial charge in [-0.1, -0.05) is 13.8 Å². The Labute approximate surface area is 85.4 Å². The largest absolute Gasteiger partial charge is 0.353 e. The maximum absolute atomic E-state index is 11.3. The van der Waals surface area contributed by atoms with Gasteiger partial charge in [-0.2, -0.15) is 0 Å². The van der Waals surface area contributed by atoms with Crippen molar-refractivity contribution in [1.29, 1.82) is 0 Å². The SMILES string of the molecule is CC1(C)C[C@@H]2NC(=O)CC[C@@H]2[C@@H](N)C1. The monoisotopic (exact) mass is 196 g/mol. The van der Waals surface area contributed by atoms with Gasteiger partial charge in [0.05, 0.1) is 0 Å². The van der Waals surface area contributed by atoms with E-state index in [2.05, 4.69) is 19.2 Å². The number of nitrogens with two attached hydrogens (primary N) is 1. The van der Waals surface area contributed by atoms with Crippen LogP contribution in [0.1, 0.15) is 39.5 Å². The second-order valence-electron chi connectivity index (χ2n) is 5.61. The highest BCUT2D eigenvalue weighted by Crippen LogP contribution is 2.40. The first-order valence-electron chi connectivity index (χ1n) is 5.53. The first kappa shape index (κ1) is 9.97. The number of hydrogen-bond acceptors (Lipinski definition) is 2. The summed E-state index contributed by atoms with van der Waals surface area (Å²) in [5.41, 5.74) is 6.44. The number of carbonyl (C=O) groups excluding carboxylic acids is 1. The molecule has 3 atom stereocenters. The summed E-state index contributed by atoms with van der Waals surface area (Å²) in [6.45, 7) is 4.48. The molecule has 0 unspecified atom stereocenters. The van der Waals surface area contributed by atoms with Crippen LogP contribution in [0, 0.1) is 11.3 Å². The lowest BCUT2D eigenvalue weighted by molar-refractivity contribution is -0.125. The molecule has 2 aliphatic rings. The molecule has 3 heteroatoms. The van der Waals surface area contributed by atoms with Crippen LogP contribution in [-0.2, 0) is 4.79 Å². The van der Waals surface area contributed by atoms with Crippen molar-refractivity contribution in [2.24, 2.45) is 17.1 Å². The first-order valence-corrected chi connectivity index (χ1v) is 5.53. The third kappa shape index (κ3) is 1.78. The van der Waals surface area contributed by atoms with E-state index in [4.69, 9.17) is 5.73 Å². The molecule has 14 heavy (non-hydrogen) atoms. The van der Waals surface area contributed by atoms with E-state index < -0.39 is 0 Å². The van der Waals surface area contributed by atoms with E-state index in [1.165, 1.54) is 0 Å². The molecule has 1 heterocycles. The molecule has 0 aromatic carbocycles. The lowest BCUT2D eigenvalue weighted by Gasteiger charge is -2.46. The number of nitrogens with one attached hydrogen (secondary N) is 1. The van der Waals surface area contributed by atoms with E-state index in [0.29, 0.717) is 18.4 Å². The fourth-order valence-electron chi connectivity index (χ4n) is 3.07. The van der Waals surface area contributed by atoms with Gasteiger partial charge in [0.1, 0.15) is 0 Å². The van der Waals surface area contributed by atoms with Gasteiger partial charge < -0.3 is 11.1 Å². The van der Waals surface area contributed by atoms with Gasteiger partial charge in [-0.05, 0) is 30.6 Å². The molecule has 2 fully saturated rings. The summed E-state index contributed by atoms with van der Waals surface area (Å²) in [7, 11) is 0.